The zero-order valence-corrected chi connectivity index (χ0v) is 16.4. The van der Waals surface area contributed by atoms with Crippen molar-refractivity contribution in [1.82, 2.24) is 9.80 Å². The highest BCUT2D eigenvalue weighted by Crippen LogP contribution is 2.24. The van der Waals surface area contributed by atoms with Crippen molar-refractivity contribution in [2.45, 2.75) is 6.54 Å². The number of halogens is 2. The lowest BCUT2D eigenvalue weighted by Crippen LogP contribution is -2.48. The molecule has 156 valence electrons. The van der Waals surface area contributed by atoms with Crippen molar-refractivity contribution in [3.63, 3.8) is 0 Å². The Kier molecular flexibility index (Phi) is 5.50. The maximum atomic E-state index is 13.9. The number of ether oxygens (including phenoxy) is 1. The molecule has 4 rings (SSSR count). The van der Waals surface area contributed by atoms with Gasteiger partial charge in [-0.05, 0) is 35.9 Å². The van der Waals surface area contributed by atoms with Gasteiger partial charge in [0.2, 0.25) is 0 Å². The standard InChI is InChI=1S/C22H20F2N2O4/c1-29-15-5-6-19-16(12-15)14(11-20(27)30-19)13-25-7-9-26(10-8-25)22(28)21-17(23)3-2-4-18(21)24/h2-6,11-12H,7-10,13H2,1H3. The molecule has 1 fully saturated rings. The Morgan fingerprint density at radius 3 is 2.43 bits per heavy atom. The molecule has 8 heteroatoms. The largest absolute Gasteiger partial charge is 0.497 e. The van der Waals surface area contributed by atoms with Crippen LogP contribution in [0, 0.1) is 11.6 Å². The SMILES string of the molecule is COc1ccc2oc(=O)cc(CN3CCN(C(=O)c4c(F)cccc4F)CC3)c2c1. The maximum Gasteiger partial charge on any atom is 0.336 e. The molecule has 0 saturated carbocycles. The molecule has 2 heterocycles. The van der Waals surface area contributed by atoms with Crippen molar-refractivity contribution in [3.8, 4) is 5.75 Å². The van der Waals surface area contributed by atoms with Gasteiger partial charge >= 0.3 is 5.63 Å². The van der Waals surface area contributed by atoms with Gasteiger partial charge in [-0.1, -0.05) is 6.07 Å². The molecular formula is C22H20F2N2O4. The van der Waals surface area contributed by atoms with Gasteiger partial charge in [0, 0.05) is 44.2 Å². The van der Waals surface area contributed by atoms with Gasteiger partial charge in [-0.15, -0.1) is 0 Å². The van der Waals surface area contributed by atoms with E-state index in [2.05, 4.69) is 4.90 Å². The van der Waals surface area contributed by atoms with Crippen LogP contribution in [0.15, 0.2) is 51.7 Å². The Hall–Kier alpha value is -3.26. The summed E-state index contributed by atoms with van der Waals surface area (Å²) in [5, 5.41) is 0.779. The Labute approximate surface area is 171 Å². The van der Waals surface area contributed by atoms with Crippen LogP contribution in [0.3, 0.4) is 0 Å². The molecule has 1 amide bonds. The second-order valence-corrected chi connectivity index (χ2v) is 7.12. The fourth-order valence-electron chi connectivity index (χ4n) is 3.67. The lowest BCUT2D eigenvalue weighted by atomic mass is 10.1. The highest BCUT2D eigenvalue weighted by molar-refractivity contribution is 5.94. The van der Waals surface area contributed by atoms with E-state index in [9.17, 15) is 18.4 Å². The first-order valence-electron chi connectivity index (χ1n) is 9.52. The van der Waals surface area contributed by atoms with Crippen LogP contribution in [0.4, 0.5) is 8.78 Å². The number of hydrogen-bond acceptors (Lipinski definition) is 5. The third-order valence-electron chi connectivity index (χ3n) is 5.27. The second kappa shape index (κ2) is 8.23. The van der Waals surface area contributed by atoms with Gasteiger partial charge in [-0.25, -0.2) is 13.6 Å². The highest BCUT2D eigenvalue weighted by Gasteiger charge is 2.26. The minimum atomic E-state index is -0.862. The van der Waals surface area contributed by atoms with Crippen LogP contribution in [-0.2, 0) is 6.54 Å². The smallest absolute Gasteiger partial charge is 0.336 e. The molecule has 1 aliphatic rings. The molecule has 0 unspecified atom stereocenters. The molecule has 1 aliphatic heterocycles. The Morgan fingerprint density at radius 1 is 1.07 bits per heavy atom. The highest BCUT2D eigenvalue weighted by atomic mass is 19.1. The topological polar surface area (TPSA) is 63.0 Å². The van der Waals surface area contributed by atoms with E-state index in [0.29, 0.717) is 44.1 Å². The van der Waals surface area contributed by atoms with Gasteiger partial charge in [-0.3, -0.25) is 9.69 Å². The minimum absolute atomic E-state index is 0.329. The zero-order valence-electron chi connectivity index (χ0n) is 16.4. The van der Waals surface area contributed by atoms with Gasteiger partial charge in [0.25, 0.3) is 5.91 Å². The van der Waals surface area contributed by atoms with Crippen molar-refractivity contribution in [3.05, 3.63) is 75.6 Å². The number of nitrogens with zero attached hydrogens (tertiary/aromatic N) is 2. The quantitative estimate of drug-likeness (QED) is 0.614. The fraction of sp³-hybridized carbons (Fsp3) is 0.273. The molecule has 0 spiro atoms. The summed E-state index contributed by atoms with van der Waals surface area (Å²) in [5.41, 5.74) is 0.304. The molecule has 0 radical (unpaired) electrons. The van der Waals surface area contributed by atoms with E-state index in [-0.39, 0.29) is 0 Å². The van der Waals surface area contributed by atoms with Gasteiger partial charge in [0.15, 0.2) is 0 Å². The first-order chi connectivity index (χ1) is 14.5. The molecular weight excluding hydrogens is 394 g/mol. The molecule has 0 aliphatic carbocycles. The minimum Gasteiger partial charge on any atom is -0.497 e. The number of rotatable bonds is 4. The Bertz CT molecular complexity index is 1130. The van der Waals surface area contributed by atoms with E-state index < -0.39 is 28.7 Å². The summed E-state index contributed by atoms with van der Waals surface area (Å²) in [4.78, 5) is 28.0. The summed E-state index contributed by atoms with van der Waals surface area (Å²) in [6.07, 6.45) is 0. The van der Waals surface area contributed by atoms with Crippen LogP contribution in [0.5, 0.6) is 5.75 Å². The monoisotopic (exact) mass is 414 g/mol. The first-order valence-corrected chi connectivity index (χ1v) is 9.52. The number of carbonyl (C=O) groups is 1. The Morgan fingerprint density at radius 2 is 1.77 bits per heavy atom. The molecule has 2 aromatic carbocycles. The Balaban J connectivity index is 1.49. The molecule has 6 nitrogen and oxygen atoms in total. The van der Waals surface area contributed by atoms with Gasteiger partial charge in [0.05, 0.1) is 7.11 Å². The van der Waals surface area contributed by atoms with Crippen LogP contribution in [0.2, 0.25) is 0 Å². The van der Waals surface area contributed by atoms with E-state index in [0.717, 1.165) is 23.1 Å². The molecule has 3 aromatic rings. The van der Waals surface area contributed by atoms with Crippen molar-refractivity contribution in [2.24, 2.45) is 0 Å². The number of hydrogen-bond donors (Lipinski definition) is 0. The van der Waals surface area contributed by atoms with E-state index in [1.54, 1.807) is 19.2 Å². The second-order valence-electron chi connectivity index (χ2n) is 7.12. The predicted molar refractivity (Wildman–Crippen MR) is 107 cm³/mol. The molecule has 30 heavy (non-hydrogen) atoms. The van der Waals surface area contributed by atoms with Crippen molar-refractivity contribution < 1.29 is 22.7 Å². The zero-order chi connectivity index (χ0) is 21.3. The summed E-state index contributed by atoms with van der Waals surface area (Å²) < 4.78 is 38.4. The molecule has 0 atom stereocenters. The van der Waals surface area contributed by atoms with Crippen molar-refractivity contribution in [1.29, 1.82) is 0 Å². The molecule has 1 saturated heterocycles. The van der Waals surface area contributed by atoms with Crippen LogP contribution in [-0.4, -0.2) is 49.0 Å². The number of piperazine rings is 1. The first kappa shape index (κ1) is 20.0. The lowest BCUT2D eigenvalue weighted by molar-refractivity contribution is 0.0619. The number of carbonyl (C=O) groups excluding carboxylic acids is 1. The number of amides is 1. The van der Waals surface area contributed by atoms with E-state index in [4.69, 9.17) is 9.15 Å². The van der Waals surface area contributed by atoms with Crippen molar-refractivity contribution in [2.75, 3.05) is 33.3 Å². The normalized spacial score (nSPS) is 14.8. The summed E-state index contributed by atoms with van der Waals surface area (Å²) in [5.74, 6) is -1.72. The predicted octanol–water partition coefficient (Wildman–Crippen LogP) is 3.04. The van der Waals surface area contributed by atoms with Crippen LogP contribution in [0.25, 0.3) is 11.0 Å². The van der Waals surface area contributed by atoms with Crippen LogP contribution < -0.4 is 10.4 Å². The molecule has 1 aromatic heterocycles. The van der Waals surface area contributed by atoms with Gasteiger partial charge in [-0.2, -0.15) is 0 Å². The summed E-state index contributed by atoms with van der Waals surface area (Å²) in [7, 11) is 1.56. The van der Waals surface area contributed by atoms with Gasteiger partial charge in [0.1, 0.15) is 28.5 Å². The van der Waals surface area contributed by atoms with Crippen LogP contribution in [0.1, 0.15) is 15.9 Å². The molecule has 0 N–H and O–H groups in total. The van der Waals surface area contributed by atoms with Crippen molar-refractivity contribution >= 4 is 16.9 Å². The third kappa shape index (κ3) is 3.91. The van der Waals surface area contributed by atoms with E-state index in [1.165, 1.54) is 17.0 Å². The molecule has 0 bridgehead atoms. The summed E-state index contributed by atoms with van der Waals surface area (Å²) in [6.45, 7) is 2.15. The number of benzene rings is 2. The van der Waals surface area contributed by atoms with E-state index in [1.807, 2.05) is 6.07 Å². The average molecular weight is 414 g/mol. The third-order valence-corrected chi connectivity index (χ3v) is 5.27. The number of methoxy groups -OCH3 is 1. The van der Waals surface area contributed by atoms with Crippen LogP contribution >= 0.6 is 0 Å². The van der Waals surface area contributed by atoms with E-state index >= 15 is 0 Å². The summed E-state index contributed by atoms with van der Waals surface area (Å²) in [6, 6.07) is 10.1. The maximum absolute atomic E-state index is 13.9. The van der Waals surface area contributed by atoms with Gasteiger partial charge < -0.3 is 14.1 Å². The fourth-order valence-corrected chi connectivity index (χ4v) is 3.67. The lowest BCUT2D eigenvalue weighted by Gasteiger charge is -2.35. The summed E-state index contributed by atoms with van der Waals surface area (Å²) >= 11 is 0. The average Bonchev–Trinajstić information content (AvgIpc) is 2.73. The number of fused-ring (bicyclic) bond motifs is 1.